The first kappa shape index (κ1) is 14.4. The Labute approximate surface area is 122 Å². The molecule has 0 amide bonds. The van der Waals surface area contributed by atoms with Crippen LogP contribution in [-0.2, 0) is 0 Å². The van der Waals surface area contributed by atoms with E-state index in [-0.39, 0.29) is 22.9 Å². The average molecular weight is 279 g/mol. The Balaban J connectivity index is 2.38. The van der Waals surface area contributed by atoms with Gasteiger partial charge in [-0.15, -0.1) is 0 Å². The summed E-state index contributed by atoms with van der Waals surface area (Å²) in [5.74, 6) is -0.0547. The minimum Gasteiger partial charge on any atom is -0.504 e. The van der Waals surface area contributed by atoms with Crippen molar-refractivity contribution in [3.63, 3.8) is 0 Å². The van der Waals surface area contributed by atoms with E-state index < -0.39 is 0 Å². The minimum atomic E-state index is -0.342. The van der Waals surface area contributed by atoms with Crippen molar-refractivity contribution in [3.05, 3.63) is 65.2 Å². The highest BCUT2D eigenvalue weighted by molar-refractivity contribution is 6.14. The van der Waals surface area contributed by atoms with Crippen molar-refractivity contribution in [1.82, 2.24) is 0 Å². The number of phenols is 1. The quantitative estimate of drug-likeness (QED) is 0.530. The summed E-state index contributed by atoms with van der Waals surface area (Å²) in [6.07, 6.45) is 1.47. The molecule has 0 aromatic heterocycles. The van der Waals surface area contributed by atoms with Gasteiger partial charge in [0.05, 0.1) is 7.11 Å². The highest BCUT2D eigenvalue weighted by Gasteiger charge is 2.12. The number of carbonyl (C=O) groups excluding carboxylic acids is 1. The van der Waals surface area contributed by atoms with Crippen molar-refractivity contribution in [2.75, 3.05) is 7.11 Å². The number of nitrogens with zero attached hydrogens (tertiary/aromatic N) is 1. The molecule has 0 aliphatic rings. The number of ketones is 1. The minimum absolute atomic E-state index is 0.00236. The van der Waals surface area contributed by atoms with E-state index in [2.05, 4.69) is 0 Å². The van der Waals surface area contributed by atoms with Crippen molar-refractivity contribution in [3.8, 4) is 17.6 Å². The monoisotopic (exact) mass is 279 g/mol. The van der Waals surface area contributed by atoms with E-state index in [0.717, 1.165) is 0 Å². The molecule has 0 unspecified atom stereocenters. The highest BCUT2D eigenvalue weighted by atomic mass is 16.5. The largest absolute Gasteiger partial charge is 0.504 e. The van der Waals surface area contributed by atoms with Crippen molar-refractivity contribution in [2.45, 2.75) is 0 Å². The van der Waals surface area contributed by atoms with Crippen LogP contribution in [0.3, 0.4) is 0 Å². The Kier molecular flexibility index (Phi) is 4.37. The first-order valence-corrected chi connectivity index (χ1v) is 6.24. The second-order valence-corrected chi connectivity index (χ2v) is 4.30. The lowest BCUT2D eigenvalue weighted by Gasteiger charge is -2.04. The third-order valence-electron chi connectivity index (χ3n) is 2.92. The highest BCUT2D eigenvalue weighted by Crippen LogP contribution is 2.27. The van der Waals surface area contributed by atoms with Gasteiger partial charge in [-0.05, 0) is 23.8 Å². The van der Waals surface area contributed by atoms with Crippen molar-refractivity contribution in [1.29, 1.82) is 5.26 Å². The number of methoxy groups -OCH3 is 1. The Morgan fingerprint density at radius 1 is 1.24 bits per heavy atom. The molecular formula is C17H13NO3. The Hall–Kier alpha value is -3.06. The fourth-order valence-electron chi connectivity index (χ4n) is 1.84. The van der Waals surface area contributed by atoms with E-state index in [1.54, 1.807) is 42.5 Å². The molecule has 0 spiro atoms. The molecule has 4 nitrogen and oxygen atoms in total. The number of phenolic OH excluding ortho intramolecular Hbond substituents is 1. The van der Waals surface area contributed by atoms with Crippen LogP contribution in [0.1, 0.15) is 15.9 Å². The lowest BCUT2D eigenvalue weighted by atomic mass is 10.0. The molecule has 0 bridgehead atoms. The van der Waals surface area contributed by atoms with Crippen LogP contribution in [0, 0.1) is 11.3 Å². The number of hydrogen-bond donors (Lipinski definition) is 1. The molecular weight excluding hydrogens is 266 g/mol. The summed E-state index contributed by atoms with van der Waals surface area (Å²) in [7, 11) is 1.43. The molecule has 0 aliphatic heterocycles. The van der Waals surface area contributed by atoms with Gasteiger partial charge in [0.1, 0.15) is 11.6 Å². The number of allylic oxidation sites excluding steroid dienone is 1. The predicted molar refractivity (Wildman–Crippen MR) is 79.0 cm³/mol. The molecule has 2 aromatic rings. The second kappa shape index (κ2) is 6.40. The van der Waals surface area contributed by atoms with Gasteiger partial charge in [0.25, 0.3) is 0 Å². The van der Waals surface area contributed by atoms with Gasteiger partial charge in [-0.3, -0.25) is 4.79 Å². The van der Waals surface area contributed by atoms with Gasteiger partial charge in [0, 0.05) is 5.56 Å². The van der Waals surface area contributed by atoms with Crippen LogP contribution in [0.5, 0.6) is 11.5 Å². The molecule has 0 saturated carbocycles. The van der Waals surface area contributed by atoms with E-state index in [1.165, 1.54) is 19.3 Å². The summed E-state index contributed by atoms with van der Waals surface area (Å²) in [5, 5.41) is 18.7. The molecule has 0 aliphatic carbocycles. The molecule has 0 heterocycles. The van der Waals surface area contributed by atoms with Gasteiger partial charge in [-0.25, -0.2) is 0 Å². The van der Waals surface area contributed by atoms with Gasteiger partial charge in [-0.2, -0.15) is 5.26 Å². The fraction of sp³-hybridized carbons (Fsp3) is 0.0588. The first-order valence-electron chi connectivity index (χ1n) is 6.24. The van der Waals surface area contributed by atoms with Crippen LogP contribution in [0.2, 0.25) is 0 Å². The molecule has 4 heteroatoms. The molecule has 21 heavy (non-hydrogen) atoms. The van der Waals surface area contributed by atoms with Crippen molar-refractivity contribution >= 4 is 11.9 Å². The number of Topliss-reactive ketones (excluding diaryl/α,β-unsaturated/α-hetero) is 1. The zero-order chi connectivity index (χ0) is 15.2. The lowest BCUT2D eigenvalue weighted by molar-refractivity contribution is 0.104. The SMILES string of the molecule is COc1cc(/C=C(/C#N)C(=O)c2ccccc2)ccc1O. The normalized spacial score (nSPS) is 10.8. The predicted octanol–water partition coefficient (Wildman–Crippen LogP) is 3.19. The Morgan fingerprint density at radius 3 is 2.57 bits per heavy atom. The number of ether oxygens (including phenoxy) is 1. The number of benzene rings is 2. The summed E-state index contributed by atoms with van der Waals surface area (Å²) < 4.78 is 5.00. The van der Waals surface area contributed by atoms with E-state index >= 15 is 0 Å². The van der Waals surface area contributed by atoms with E-state index in [1.807, 2.05) is 6.07 Å². The molecule has 104 valence electrons. The number of rotatable bonds is 4. The maximum atomic E-state index is 12.2. The fourth-order valence-corrected chi connectivity index (χ4v) is 1.84. The average Bonchev–Trinajstić information content (AvgIpc) is 2.54. The lowest BCUT2D eigenvalue weighted by Crippen LogP contribution is -2.01. The van der Waals surface area contributed by atoms with Crippen LogP contribution < -0.4 is 4.74 Å². The van der Waals surface area contributed by atoms with Crippen LogP contribution in [0.4, 0.5) is 0 Å². The first-order chi connectivity index (χ1) is 10.2. The topological polar surface area (TPSA) is 70.3 Å². The summed E-state index contributed by atoms with van der Waals surface area (Å²) in [5.41, 5.74) is 1.08. The summed E-state index contributed by atoms with van der Waals surface area (Å²) in [6, 6.07) is 15.1. The van der Waals surface area contributed by atoms with E-state index in [4.69, 9.17) is 4.74 Å². The smallest absolute Gasteiger partial charge is 0.203 e. The van der Waals surface area contributed by atoms with Crippen LogP contribution >= 0.6 is 0 Å². The van der Waals surface area contributed by atoms with Gasteiger partial charge in [-0.1, -0.05) is 36.4 Å². The third-order valence-corrected chi connectivity index (χ3v) is 2.92. The zero-order valence-electron chi connectivity index (χ0n) is 11.4. The third kappa shape index (κ3) is 3.28. The van der Waals surface area contributed by atoms with Crippen molar-refractivity contribution < 1.29 is 14.6 Å². The van der Waals surface area contributed by atoms with Crippen LogP contribution in [0.15, 0.2) is 54.1 Å². The zero-order valence-corrected chi connectivity index (χ0v) is 11.4. The molecule has 0 atom stereocenters. The molecule has 2 rings (SSSR count). The number of nitriles is 1. The summed E-state index contributed by atoms with van der Waals surface area (Å²) in [4.78, 5) is 12.2. The maximum Gasteiger partial charge on any atom is 0.203 e. The number of aromatic hydroxyl groups is 1. The summed E-state index contributed by atoms with van der Waals surface area (Å²) in [6.45, 7) is 0. The second-order valence-electron chi connectivity index (χ2n) is 4.30. The number of hydrogen-bond acceptors (Lipinski definition) is 4. The maximum absolute atomic E-state index is 12.2. The molecule has 0 fully saturated rings. The van der Waals surface area contributed by atoms with Gasteiger partial charge >= 0.3 is 0 Å². The molecule has 0 radical (unpaired) electrons. The summed E-state index contributed by atoms with van der Waals surface area (Å²) >= 11 is 0. The van der Waals surface area contributed by atoms with Gasteiger partial charge in [0.2, 0.25) is 5.78 Å². The van der Waals surface area contributed by atoms with E-state index in [9.17, 15) is 15.2 Å². The van der Waals surface area contributed by atoms with Crippen LogP contribution in [0.25, 0.3) is 6.08 Å². The van der Waals surface area contributed by atoms with Gasteiger partial charge in [0.15, 0.2) is 11.5 Å². The van der Waals surface area contributed by atoms with Gasteiger partial charge < -0.3 is 9.84 Å². The molecule has 2 aromatic carbocycles. The van der Waals surface area contributed by atoms with Crippen LogP contribution in [-0.4, -0.2) is 18.0 Å². The molecule has 1 N–H and O–H groups in total. The molecule has 0 saturated heterocycles. The standard InChI is InChI=1S/C17H13NO3/c1-21-16-10-12(7-8-15(16)19)9-14(11-18)17(20)13-5-3-2-4-6-13/h2-10,19H,1H3/b14-9-. The Bertz CT molecular complexity index is 727. The number of carbonyl (C=O) groups is 1. The van der Waals surface area contributed by atoms with E-state index in [0.29, 0.717) is 11.1 Å². The van der Waals surface area contributed by atoms with Crippen molar-refractivity contribution in [2.24, 2.45) is 0 Å². The Morgan fingerprint density at radius 2 is 1.95 bits per heavy atom.